The third-order valence-corrected chi connectivity index (χ3v) is 7.20. The lowest BCUT2D eigenvalue weighted by atomic mass is 9.94. The van der Waals surface area contributed by atoms with Gasteiger partial charge in [0, 0.05) is 36.2 Å². The monoisotopic (exact) mass is 570 g/mol. The smallest absolute Gasteiger partial charge is 0.295 e. The molecule has 0 saturated carbocycles. The van der Waals surface area contributed by atoms with Crippen molar-refractivity contribution in [3.05, 3.63) is 69.2 Å². The van der Waals surface area contributed by atoms with E-state index in [1.54, 1.807) is 23.1 Å². The molecule has 2 fully saturated rings. The topological polar surface area (TPSA) is 79.3 Å². The number of nitrogens with zero attached hydrogens (tertiary/aromatic N) is 2. The highest BCUT2D eigenvalue weighted by atomic mass is 79.9. The van der Waals surface area contributed by atoms with E-state index in [0.717, 1.165) is 47.4 Å². The number of benzene rings is 2. The summed E-state index contributed by atoms with van der Waals surface area (Å²) in [5.41, 5.74) is 2.23. The van der Waals surface area contributed by atoms with Gasteiger partial charge in [0.15, 0.2) is 0 Å². The van der Waals surface area contributed by atoms with Crippen LogP contribution in [-0.4, -0.2) is 72.6 Å². The summed E-state index contributed by atoms with van der Waals surface area (Å²) in [6.07, 6.45) is 0.721. The summed E-state index contributed by atoms with van der Waals surface area (Å²) in [5.74, 6) is -0.291. The number of halogens is 1. The summed E-state index contributed by atoms with van der Waals surface area (Å²) >= 11 is 3.51. The molecule has 2 saturated heterocycles. The lowest BCUT2D eigenvalue weighted by molar-refractivity contribution is -0.140. The van der Waals surface area contributed by atoms with Gasteiger partial charge in [-0.1, -0.05) is 41.9 Å². The summed E-state index contributed by atoms with van der Waals surface area (Å²) in [6, 6.07) is 12.2. The molecule has 1 atom stereocenters. The molecule has 1 N–H and O–H groups in total. The van der Waals surface area contributed by atoms with Gasteiger partial charge in [-0.25, -0.2) is 0 Å². The second-order valence-corrected chi connectivity index (χ2v) is 11.0. The highest BCUT2D eigenvalue weighted by Crippen LogP contribution is 2.40. The lowest BCUT2D eigenvalue weighted by Crippen LogP contribution is -2.38. The average Bonchev–Trinajstić information content (AvgIpc) is 3.13. The van der Waals surface area contributed by atoms with Crippen molar-refractivity contribution in [3.8, 4) is 5.75 Å². The van der Waals surface area contributed by atoms with Gasteiger partial charge in [-0.05, 0) is 60.7 Å². The summed E-state index contributed by atoms with van der Waals surface area (Å²) in [4.78, 5) is 30.5. The van der Waals surface area contributed by atoms with E-state index in [1.165, 1.54) is 0 Å². The molecule has 0 aromatic heterocycles. The van der Waals surface area contributed by atoms with E-state index in [0.29, 0.717) is 37.8 Å². The summed E-state index contributed by atoms with van der Waals surface area (Å²) in [7, 11) is 0. The van der Waals surface area contributed by atoms with Crippen LogP contribution in [0.25, 0.3) is 5.76 Å². The Labute approximate surface area is 227 Å². The number of aryl methyl sites for hydroxylation is 1. The summed E-state index contributed by atoms with van der Waals surface area (Å²) in [5, 5.41) is 11.4. The predicted octanol–water partition coefficient (Wildman–Crippen LogP) is 4.94. The number of Topliss-reactive ketones (excluding diaryl/α,β-unsaturated/α-hetero) is 1. The van der Waals surface area contributed by atoms with Crippen LogP contribution >= 0.6 is 15.9 Å². The standard InChI is InChI=1S/C29H35BrN2O5/c1-19(2)18-37-24-9-8-22(16-20(24)3)27(33)25-26(21-6-4-7-23(30)17-21)32(29(35)28(25)34)11-5-10-31-12-14-36-15-13-31/h4,6-9,16-17,19,26,33H,5,10-15,18H2,1-3H3/b27-25-. The number of aliphatic hydroxyl groups excluding tert-OH is 1. The Morgan fingerprint density at radius 2 is 1.89 bits per heavy atom. The van der Waals surface area contributed by atoms with E-state index in [4.69, 9.17) is 9.47 Å². The Hall–Kier alpha value is -2.68. The van der Waals surface area contributed by atoms with Gasteiger partial charge < -0.3 is 19.5 Å². The molecule has 2 aromatic carbocycles. The van der Waals surface area contributed by atoms with Crippen molar-refractivity contribution in [2.75, 3.05) is 46.0 Å². The minimum absolute atomic E-state index is 0.115. The molecule has 37 heavy (non-hydrogen) atoms. The first-order valence-corrected chi connectivity index (χ1v) is 13.6. The molecule has 8 heteroatoms. The predicted molar refractivity (Wildman–Crippen MR) is 147 cm³/mol. The van der Waals surface area contributed by atoms with Gasteiger partial charge >= 0.3 is 0 Å². The molecular weight excluding hydrogens is 536 g/mol. The zero-order valence-electron chi connectivity index (χ0n) is 21.7. The van der Waals surface area contributed by atoms with Crippen molar-refractivity contribution in [1.29, 1.82) is 0 Å². The van der Waals surface area contributed by atoms with Crippen LogP contribution in [0.3, 0.4) is 0 Å². The number of morpholine rings is 1. The normalized spacial score (nSPS) is 20.1. The van der Waals surface area contributed by atoms with E-state index in [2.05, 4.69) is 34.7 Å². The highest BCUT2D eigenvalue weighted by Gasteiger charge is 2.45. The van der Waals surface area contributed by atoms with Gasteiger partial charge in [0.2, 0.25) is 0 Å². The number of ether oxygens (including phenoxy) is 2. The maximum Gasteiger partial charge on any atom is 0.295 e. The number of hydrogen-bond acceptors (Lipinski definition) is 6. The second kappa shape index (κ2) is 12.2. The maximum absolute atomic E-state index is 13.3. The van der Waals surface area contributed by atoms with Gasteiger partial charge in [-0.3, -0.25) is 14.5 Å². The molecule has 1 amide bonds. The number of amides is 1. The number of ketones is 1. The van der Waals surface area contributed by atoms with E-state index >= 15 is 0 Å². The lowest BCUT2D eigenvalue weighted by Gasteiger charge is -2.29. The van der Waals surface area contributed by atoms with Crippen molar-refractivity contribution in [2.24, 2.45) is 5.92 Å². The van der Waals surface area contributed by atoms with Crippen LogP contribution in [0, 0.1) is 12.8 Å². The van der Waals surface area contributed by atoms with Crippen LogP contribution in [0.1, 0.15) is 43.0 Å². The number of likely N-dealkylation sites (tertiary alicyclic amines) is 1. The Morgan fingerprint density at radius 1 is 1.14 bits per heavy atom. The third-order valence-electron chi connectivity index (χ3n) is 6.70. The van der Waals surface area contributed by atoms with Gasteiger partial charge in [0.05, 0.1) is 31.4 Å². The molecule has 2 aliphatic heterocycles. The first-order chi connectivity index (χ1) is 17.8. The molecule has 4 rings (SSSR count). The van der Waals surface area contributed by atoms with Crippen molar-refractivity contribution in [2.45, 2.75) is 33.2 Å². The average molecular weight is 572 g/mol. The van der Waals surface area contributed by atoms with Gasteiger partial charge in [0.25, 0.3) is 11.7 Å². The van der Waals surface area contributed by atoms with E-state index in [1.807, 2.05) is 31.2 Å². The fourth-order valence-electron chi connectivity index (χ4n) is 4.79. The molecule has 0 radical (unpaired) electrons. The fourth-order valence-corrected chi connectivity index (χ4v) is 5.21. The van der Waals surface area contributed by atoms with Crippen LogP contribution in [0.5, 0.6) is 5.75 Å². The summed E-state index contributed by atoms with van der Waals surface area (Å²) in [6.45, 7) is 11.0. The van der Waals surface area contributed by atoms with E-state index < -0.39 is 17.7 Å². The van der Waals surface area contributed by atoms with Crippen molar-refractivity contribution in [1.82, 2.24) is 9.80 Å². The SMILES string of the molecule is Cc1cc(/C(O)=C2/C(=O)C(=O)N(CCCN3CCOCC3)C2c2cccc(Br)c2)ccc1OCC(C)C. The first kappa shape index (κ1) is 27.4. The highest BCUT2D eigenvalue weighted by molar-refractivity contribution is 9.10. The van der Waals surface area contributed by atoms with E-state index in [-0.39, 0.29) is 11.3 Å². The third kappa shape index (κ3) is 6.43. The van der Waals surface area contributed by atoms with Gasteiger partial charge in [0.1, 0.15) is 11.5 Å². The number of rotatable bonds is 9. The van der Waals surface area contributed by atoms with Crippen molar-refractivity contribution < 1.29 is 24.2 Å². The first-order valence-electron chi connectivity index (χ1n) is 12.8. The van der Waals surface area contributed by atoms with Crippen LogP contribution in [0.15, 0.2) is 52.5 Å². The molecule has 2 aliphatic rings. The Morgan fingerprint density at radius 3 is 2.57 bits per heavy atom. The largest absolute Gasteiger partial charge is 0.507 e. The Kier molecular flexibility index (Phi) is 9.05. The molecule has 198 valence electrons. The molecule has 2 heterocycles. The molecule has 7 nitrogen and oxygen atoms in total. The molecule has 0 spiro atoms. The summed E-state index contributed by atoms with van der Waals surface area (Å²) < 4.78 is 12.1. The van der Waals surface area contributed by atoms with Crippen LogP contribution < -0.4 is 4.74 Å². The molecule has 0 aliphatic carbocycles. The molecule has 0 bridgehead atoms. The zero-order valence-corrected chi connectivity index (χ0v) is 23.3. The van der Waals surface area contributed by atoms with Gasteiger partial charge in [-0.15, -0.1) is 0 Å². The minimum atomic E-state index is -0.667. The van der Waals surface area contributed by atoms with Crippen molar-refractivity contribution >= 4 is 33.4 Å². The quantitative estimate of drug-likeness (QED) is 0.261. The van der Waals surface area contributed by atoms with Crippen LogP contribution in [0.4, 0.5) is 0 Å². The van der Waals surface area contributed by atoms with Crippen LogP contribution in [-0.2, 0) is 14.3 Å². The molecule has 2 aromatic rings. The number of hydrogen-bond donors (Lipinski definition) is 1. The minimum Gasteiger partial charge on any atom is -0.507 e. The van der Waals surface area contributed by atoms with Crippen LogP contribution in [0.2, 0.25) is 0 Å². The number of carbonyl (C=O) groups excluding carboxylic acids is 2. The molecular formula is C29H35BrN2O5. The fraction of sp³-hybridized carbons (Fsp3) is 0.448. The zero-order chi connectivity index (χ0) is 26.5. The van der Waals surface area contributed by atoms with Crippen molar-refractivity contribution in [3.63, 3.8) is 0 Å². The molecule has 1 unspecified atom stereocenters. The van der Waals surface area contributed by atoms with E-state index in [9.17, 15) is 14.7 Å². The number of carbonyl (C=O) groups is 2. The second-order valence-electron chi connectivity index (χ2n) is 10.0. The Bertz CT molecular complexity index is 1170. The number of aliphatic hydroxyl groups is 1. The van der Waals surface area contributed by atoms with Gasteiger partial charge in [-0.2, -0.15) is 0 Å². The maximum atomic E-state index is 13.3. The Balaban J connectivity index is 1.66.